The highest BCUT2D eigenvalue weighted by atomic mass is 16.3. The van der Waals surface area contributed by atoms with Crippen molar-refractivity contribution in [2.24, 2.45) is 17.8 Å². The van der Waals surface area contributed by atoms with Gasteiger partial charge in [0.2, 0.25) is 0 Å². The van der Waals surface area contributed by atoms with E-state index in [9.17, 15) is 0 Å². The summed E-state index contributed by atoms with van der Waals surface area (Å²) in [5.41, 5.74) is 0. The minimum Gasteiger partial charge on any atom is -0.396 e. The van der Waals surface area contributed by atoms with Crippen molar-refractivity contribution < 1.29 is 5.11 Å². The molecule has 2 unspecified atom stereocenters. The normalized spacial score (nSPS) is 51.4. The summed E-state index contributed by atoms with van der Waals surface area (Å²) in [6.45, 7) is 0.454. The topological polar surface area (TPSA) is 20.2 Å². The molecule has 0 heterocycles. The van der Waals surface area contributed by atoms with Crippen LogP contribution in [0.1, 0.15) is 19.3 Å². The molecule has 46 valence electrons. The largest absolute Gasteiger partial charge is 0.396 e. The van der Waals surface area contributed by atoms with Gasteiger partial charge in [-0.15, -0.1) is 0 Å². The van der Waals surface area contributed by atoms with E-state index < -0.39 is 0 Å². The zero-order valence-corrected chi connectivity index (χ0v) is 5.01. The van der Waals surface area contributed by atoms with E-state index >= 15 is 0 Å². The predicted molar refractivity (Wildman–Crippen MR) is 31.4 cm³/mol. The van der Waals surface area contributed by atoms with Gasteiger partial charge < -0.3 is 5.11 Å². The predicted octanol–water partition coefficient (Wildman–Crippen LogP) is 1.02. The number of hydrogen-bond donors (Lipinski definition) is 1. The van der Waals surface area contributed by atoms with Gasteiger partial charge in [-0.25, -0.2) is 0 Å². The molecule has 3 rings (SSSR count). The zero-order chi connectivity index (χ0) is 5.56. The van der Waals surface area contributed by atoms with Gasteiger partial charge in [-0.05, 0) is 37.0 Å². The molecule has 0 aliphatic heterocycles. The Morgan fingerprint density at radius 2 is 1.88 bits per heavy atom. The van der Waals surface area contributed by atoms with Crippen LogP contribution in [0.4, 0.5) is 0 Å². The van der Waals surface area contributed by atoms with Crippen molar-refractivity contribution in [3.63, 3.8) is 0 Å². The fraction of sp³-hybridized carbons (Fsp3) is 1.00. The van der Waals surface area contributed by atoms with Gasteiger partial charge in [0.05, 0.1) is 0 Å². The van der Waals surface area contributed by atoms with E-state index in [-0.39, 0.29) is 0 Å². The summed E-state index contributed by atoms with van der Waals surface area (Å²) in [4.78, 5) is 0. The highest BCUT2D eigenvalue weighted by Gasteiger charge is 2.45. The Bertz CT molecular complexity index is 86.6. The molecule has 3 aliphatic carbocycles. The molecule has 0 radical (unpaired) electrons. The third-order valence-electron chi connectivity index (χ3n) is 2.94. The average Bonchev–Trinajstić information content (AvgIpc) is 2.19. The Labute approximate surface area is 49.7 Å². The summed E-state index contributed by atoms with van der Waals surface area (Å²) < 4.78 is 0. The molecule has 0 aromatic rings. The fourth-order valence-electron chi connectivity index (χ4n) is 2.32. The summed E-state index contributed by atoms with van der Waals surface area (Å²) >= 11 is 0. The highest BCUT2D eigenvalue weighted by Crippen LogP contribution is 2.52. The lowest BCUT2D eigenvalue weighted by Crippen LogP contribution is -2.30. The van der Waals surface area contributed by atoms with Crippen LogP contribution in [0, 0.1) is 17.8 Å². The second-order valence-corrected chi connectivity index (χ2v) is 3.18. The lowest BCUT2D eigenvalue weighted by molar-refractivity contribution is 0.0770. The number of aliphatic hydroxyl groups excluding tert-OH is 1. The van der Waals surface area contributed by atoms with Crippen LogP contribution in [0.3, 0.4) is 0 Å². The summed E-state index contributed by atoms with van der Waals surface area (Å²) in [7, 11) is 0. The van der Waals surface area contributed by atoms with Gasteiger partial charge in [-0.3, -0.25) is 0 Å². The quantitative estimate of drug-likeness (QED) is 0.537. The summed E-state index contributed by atoms with van der Waals surface area (Å²) in [5, 5.41) is 8.77. The van der Waals surface area contributed by atoms with Crippen molar-refractivity contribution in [3.05, 3.63) is 0 Å². The number of rotatable bonds is 1. The molecule has 2 bridgehead atoms. The van der Waals surface area contributed by atoms with Gasteiger partial charge >= 0.3 is 0 Å². The Morgan fingerprint density at radius 1 is 1.25 bits per heavy atom. The Morgan fingerprint density at radius 3 is 2.12 bits per heavy atom. The van der Waals surface area contributed by atoms with Gasteiger partial charge in [-0.1, -0.05) is 0 Å². The second kappa shape index (κ2) is 1.47. The molecular weight excluding hydrogens is 100 g/mol. The van der Waals surface area contributed by atoms with Gasteiger partial charge in [0.1, 0.15) is 0 Å². The Balaban J connectivity index is 2.02. The van der Waals surface area contributed by atoms with E-state index in [1.165, 1.54) is 19.3 Å². The van der Waals surface area contributed by atoms with Crippen molar-refractivity contribution in [1.82, 2.24) is 0 Å². The lowest BCUT2D eigenvalue weighted by Gasteiger charge is -2.33. The summed E-state index contributed by atoms with van der Waals surface area (Å²) in [6.07, 6.45) is 4.22. The van der Waals surface area contributed by atoms with Crippen molar-refractivity contribution in [2.45, 2.75) is 19.3 Å². The van der Waals surface area contributed by atoms with Crippen molar-refractivity contribution in [1.29, 1.82) is 0 Å². The molecule has 8 heavy (non-hydrogen) atoms. The van der Waals surface area contributed by atoms with Gasteiger partial charge in [-0.2, -0.15) is 0 Å². The zero-order valence-electron chi connectivity index (χ0n) is 5.01. The number of hydrogen-bond acceptors (Lipinski definition) is 1. The van der Waals surface area contributed by atoms with Crippen molar-refractivity contribution in [2.75, 3.05) is 6.61 Å². The SMILES string of the molecule is OCC1C2CCC1C2. The molecule has 0 aromatic carbocycles. The number of aliphatic hydroxyl groups is 1. The van der Waals surface area contributed by atoms with Crippen LogP contribution in [0.5, 0.6) is 0 Å². The molecule has 0 amide bonds. The minimum absolute atomic E-state index is 0.454. The molecule has 0 saturated heterocycles. The van der Waals surface area contributed by atoms with Crippen LogP contribution >= 0.6 is 0 Å². The molecule has 0 spiro atoms. The van der Waals surface area contributed by atoms with E-state index in [0.29, 0.717) is 6.61 Å². The maximum Gasteiger partial charge on any atom is 0.0464 e. The molecule has 1 N–H and O–H groups in total. The monoisotopic (exact) mass is 112 g/mol. The third-order valence-corrected chi connectivity index (χ3v) is 2.94. The highest BCUT2D eigenvalue weighted by molar-refractivity contribution is 4.95. The van der Waals surface area contributed by atoms with Gasteiger partial charge in [0.15, 0.2) is 0 Å². The molecule has 3 fully saturated rings. The maximum atomic E-state index is 8.77. The van der Waals surface area contributed by atoms with Crippen molar-refractivity contribution >= 4 is 0 Å². The molecule has 1 heteroatoms. The van der Waals surface area contributed by atoms with E-state index in [2.05, 4.69) is 0 Å². The van der Waals surface area contributed by atoms with Gasteiger partial charge in [0, 0.05) is 6.61 Å². The Kier molecular flexibility index (Phi) is 0.884. The maximum absolute atomic E-state index is 8.77. The van der Waals surface area contributed by atoms with Crippen LogP contribution in [0.15, 0.2) is 0 Å². The first-order valence-electron chi connectivity index (χ1n) is 3.52. The smallest absolute Gasteiger partial charge is 0.0464 e. The van der Waals surface area contributed by atoms with Crippen LogP contribution in [-0.2, 0) is 0 Å². The van der Waals surface area contributed by atoms with Crippen LogP contribution in [-0.4, -0.2) is 11.7 Å². The first kappa shape index (κ1) is 4.80. The molecule has 2 atom stereocenters. The molecule has 0 aromatic heterocycles. The summed E-state index contributed by atoms with van der Waals surface area (Å²) in [6, 6.07) is 0. The summed E-state index contributed by atoms with van der Waals surface area (Å²) in [5.74, 6) is 2.56. The standard InChI is InChI=1S/C7H12O/c8-4-7-5-1-2-6(7)3-5/h5-8H,1-4H2. The van der Waals surface area contributed by atoms with E-state index in [0.717, 1.165) is 17.8 Å². The van der Waals surface area contributed by atoms with Crippen LogP contribution in [0.25, 0.3) is 0 Å². The third kappa shape index (κ3) is 0.408. The Hall–Kier alpha value is -0.0400. The van der Waals surface area contributed by atoms with Crippen LogP contribution < -0.4 is 0 Å². The molecular formula is C7H12O. The molecule has 3 saturated carbocycles. The van der Waals surface area contributed by atoms with E-state index in [1.54, 1.807) is 0 Å². The first-order chi connectivity index (χ1) is 3.92. The fourth-order valence-corrected chi connectivity index (χ4v) is 2.32. The minimum atomic E-state index is 0.454. The number of fused-ring (bicyclic) bond motifs is 1. The van der Waals surface area contributed by atoms with Crippen LogP contribution in [0.2, 0.25) is 0 Å². The van der Waals surface area contributed by atoms with Gasteiger partial charge in [0.25, 0.3) is 0 Å². The first-order valence-corrected chi connectivity index (χ1v) is 3.52. The average molecular weight is 112 g/mol. The second-order valence-electron chi connectivity index (χ2n) is 3.18. The van der Waals surface area contributed by atoms with Crippen molar-refractivity contribution in [3.8, 4) is 0 Å². The lowest BCUT2D eigenvalue weighted by atomic mass is 9.73. The van der Waals surface area contributed by atoms with E-state index in [4.69, 9.17) is 5.11 Å². The van der Waals surface area contributed by atoms with E-state index in [1.807, 2.05) is 0 Å². The molecule has 1 nitrogen and oxygen atoms in total. The molecule has 3 aliphatic rings.